The number of nitrogens with zero attached hydrogens (tertiary/aromatic N) is 2. The smallest absolute Gasteiger partial charge is 0.203 e. The van der Waals surface area contributed by atoms with Crippen molar-refractivity contribution >= 4 is 32.7 Å². The highest BCUT2D eigenvalue weighted by Crippen LogP contribution is 2.20. The highest BCUT2D eigenvalue weighted by Gasteiger charge is 2.17. The van der Waals surface area contributed by atoms with Crippen LogP contribution >= 0.6 is 15.9 Å². The van der Waals surface area contributed by atoms with Gasteiger partial charge in [-0.15, -0.1) is 0 Å². The number of ether oxygens (including phenoxy) is 1. The predicted molar refractivity (Wildman–Crippen MR) is 126 cm³/mol. The number of carbonyl (C=O) groups excluding carboxylic acids is 1. The van der Waals surface area contributed by atoms with E-state index in [9.17, 15) is 4.79 Å². The second-order valence-electron chi connectivity index (χ2n) is 7.29. The maximum absolute atomic E-state index is 12.9. The summed E-state index contributed by atoms with van der Waals surface area (Å²) in [5.41, 5.74) is 3.98. The van der Waals surface area contributed by atoms with Crippen LogP contribution < -0.4 is 10.4 Å². The van der Waals surface area contributed by atoms with Gasteiger partial charge in [-0.2, -0.15) is 0 Å². The van der Waals surface area contributed by atoms with Gasteiger partial charge in [0, 0.05) is 10.0 Å². The molecule has 0 unspecified atom stereocenters. The highest BCUT2D eigenvalue weighted by molar-refractivity contribution is 9.10. The maximum Gasteiger partial charge on any atom is 0.203 e. The van der Waals surface area contributed by atoms with Crippen molar-refractivity contribution in [1.29, 1.82) is 5.41 Å². The Morgan fingerprint density at radius 3 is 2.42 bits per heavy atom. The van der Waals surface area contributed by atoms with Gasteiger partial charge in [0.15, 0.2) is 5.78 Å². The largest absolute Gasteiger partial charge is 0.492 e. The zero-order valence-corrected chi connectivity index (χ0v) is 18.9. The number of hydrogen-bond donors (Lipinski definition) is 1. The van der Waals surface area contributed by atoms with E-state index in [1.165, 1.54) is 0 Å². The first-order valence-corrected chi connectivity index (χ1v) is 11.1. The van der Waals surface area contributed by atoms with Gasteiger partial charge in [-0.3, -0.25) is 10.2 Å². The predicted octanol–water partition coefficient (Wildman–Crippen LogP) is 5.21. The molecule has 1 aromatic heterocycles. The lowest BCUT2D eigenvalue weighted by Crippen LogP contribution is -2.28. The number of imidazole rings is 1. The third kappa shape index (κ3) is 4.49. The van der Waals surface area contributed by atoms with E-state index in [1.54, 1.807) is 16.7 Å². The molecule has 0 bridgehead atoms. The Hall–Kier alpha value is -3.12. The molecule has 0 aliphatic rings. The number of aryl methyl sites for hydroxylation is 1. The van der Waals surface area contributed by atoms with Crippen molar-refractivity contribution in [3.8, 4) is 5.75 Å². The average Bonchev–Trinajstić information content (AvgIpc) is 3.06. The lowest BCUT2D eigenvalue weighted by molar-refractivity contribution is 0.0971. The molecule has 0 radical (unpaired) electrons. The number of halogens is 1. The van der Waals surface area contributed by atoms with E-state index in [-0.39, 0.29) is 12.3 Å². The molecule has 0 saturated carbocycles. The Morgan fingerprint density at radius 1 is 0.968 bits per heavy atom. The van der Waals surface area contributed by atoms with E-state index in [0.717, 1.165) is 33.2 Å². The van der Waals surface area contributed by atoms with E-state index in [2.05, 4.69) is 28.9 Å². The molecule has 1 N–H and O–H groups in total. The van der Waals surface area contributed by atoms with E-state index < -0.39 is 0 Å². The number of ketones is 1. The number of fused-ring (bicyclic) bond motifs is 1. The van der Waals surface area contributed by atoms with Crippen LogP contribution in [0.1, 0.15) is 22.8 Å². The summed E-state index contributed by atoms with van der Waals surface area (Å²) in [4.78, 5) is 12.9. The molecule has 1 heterocycles. The Bertz CT molecular complexity index is 1260. The average molecular weight is 478 g/mol. The first-order valence-electron chi connectivity index (χ1n) is 10.3. The van der Waals surface area contributed by atoms with Crippen molar-refractivity contribution in [3.63, 3.8) is 0 Å². The first kappa shape index (κ1) is 21.1. The van der Waals surface area contributed by atoms with E-state index >= 15 is 0 Å². The summed E-state index contributed by atoms with van der Waals surface area (Å²) < 4.78 is 10.5. The quantitative estimate of drug-likeness (QED) is 0.354. The summed E-state index contributed by atoms with van der Waals surface area (Å²) in [6.07, 6.45) is 0.848. The van der Waals surface area contributed by atoms with Crippen molar-refractivity contribution in [2.75, 3.05) is 6.61 Å². The van der Waals surface area contributed by atoms with Gasteiger partial charge in [0.1, 0.15) is 12.4 Å². The Balaban J connectivity index is 1.67. The zero-order chi connectivity index (χ0) is 21.8. The fraction of sp³-hybridized carbons (Fsp3) is 0.200. The number of para-hydroxylation sites is 2. The van der Waals surface area contributed by atoms with Crippen LogP contribution in [0.5, 0.6) is 5.75 Å². The summed E-state index contributed by atoms with van der Waals surface area (Å²) in [6.45, 7) is 3.20. The van der Waals surface area contributed by atoms with Gasteiger partial charge in [0.05, 0.1) is 24.1 Å². The molecule has 0 fully saturated rings. The van der Waals surface area contributed by atoms with Gasteiger partial charge in [-0.25, -0.2) is 0 Å². The van der Waals surface area contributed by atoms with Crippen LogP contribution in [0.4, 0.5) is 0 Å². The molecule has 5 nitrogen and oxygen atoms in total. The van der Waals surface area contributed by atoms with Crippen molar-refractivity contribution in [3.05, 3.63) is 94.0 Å². The zero-order valence-electron chi connectivity index (χ0n) is 17.3. The topological polar surface area (TPSA) is 60.0 Å². The number of Topliss-reactive ketones (excluding diaryl/α,β-unsaturated/α-hetero) is 1. The summed E-state index contributed by atoms with van der Waals surface area (Å²) in [6, 6.07) is 23.1. The van der Waals surface area contributed by atoms with Gasteiger partial charge in [0.2, 0.25) is 5.62 Å². The van der Waals surface area contributed by atoms with Crippen LogP contribution in [0.3, 0.4) is 0 Å². The molecule has 4 aromatic rings. The van der Waals surface area contributed by atoms with Crippen molar-refractivity contribution < 1.29 is 9.53 Å². The van der Waals surface area contributed by atoms with Gasteiger partial charge >= 0.3 is 0 Å². The minimum absolute atomic E-state index is 0.0208. The highest BCUT2D eigenvalue weighted by atomic mass is 79.9. The van der Waals surface area contributed by atoms with Gasteiger partial charge in [-0.05, 0) is 42.3 Å². The first-order chi connectivity index (χ1) is 15.1. The molecule has 6 heteroatoms. The second kappa shape index (κ2) is 9.35. The molecule has 158 valence electrons. The minimum atomic E-state index is -0.0208. The summed E-state index contributed by atoms with van der Waals surface area (Å²) in [5, 5.41) is 8.83. The number of hydrogen-bond acceptors (Lipinski definition) is 3. The SMILES string of the molecule is CCc1cccc2c1n(CCOc1ccccc1)c(=N)n2CC(=O)c1ccc(Br)cc1. The third-order valence-corrected chi connectivity index (χ3v) is 5.87. The van der Waals surface area contributed by atoms with Gasteiger partial charge in [-0.1, -0.05) is 65.3 Å². The van der Waals surface area contributed by atoms with Gasteiger partial charge in [0.25, 0.3) is 0 Å². The molecular formula is C25H24BrN3O2. The molecule has 0 spiro atoms. The van der Waals surface area contributed by atoms with E-state index in [1.807, 2.05) is 59.2 Å². The van der Waals surface area contributed by atoms with E-state index in [4.69, 9.17) is 10.1 Å². The monoisotopic (exact) mass is 477 g/mol. The standard InChI is InChI=1S/C25H24BrN3O2/c1-2-18-7-6-10-22-24(18)28(15-16-31-21-8-4-3-5-9-21)25(27)29(22)17-23(30)19-11-13-20(26)14-12-19/h3-14,27H,2,15-17H2,1H3. The van der Waals surface area contributed by atoms with Crippen molar-refractivity contribution in [2.24, 2.45) is 0 Å². The number of benzene rings is 3. The third-order valence-electron chi connectivity index (χ3n) is 5.35. The number of rotatable bonds is 8. The van der Waals surface area contributed by atoms with Crippen LogP contribution in [0.15, 0.2) is 77.3 Å². The maximum atomic E-state index is 12.9. The molecule has 4 rings (SSSR count). The lowest BCUT2D eigenvalue weighted by atomic mass is 10.1. The fourth-order valence-electron chi connectivity index (χ4n) is 3.78. The molecule has 31 heavy (non-hydrogen) atoms. The Kier molecular flexibility index (Phi) is 6.37. The summed E-state index contributed by atoms with van der Waals surface area (Å²) in [5.74, 6) is 0.784. The van der Waals surface area contributed by atoms with E-state index in [0.29, 0.717) is 24.3 Å². The van der Waals surface area contributed by atoms with Crippen molar-refractivity contribution in [2.45, 2.75) is 26.4 Å². The molecule has 0 amide bonds. The van der Waals surface area contributed by atoms with Crippen LogP contribution in [0.25, 0.3) is 11.0 Å². The summed E-state index contributed by atoms with van der Waals surface area (Å²) >= 11 is 3.40. The molecule has 0 saturated heterocycles. The van der Waals surface area contributed by atoms with Crippen LogP contribution in [-0.2, 0) is 19.5 Å². The van der Waals surface area contributed by atoms with Crippen LogP contribution in [-0.4, -0.2) is 21.5 Å². The van der Waals surface area contributed by atoms with Crippen LogP contribution in [0, 0.1) is 5.41 Å². The molecule has 0 atom stereocenters. The molecule has 0 aliphatic carbocycles. The molecule has 3 aromatic carbocycles. The Morgan fingerprint density at radius 2 is 1.71 bits per heavy atom. The fourth-order valence-corrected chi connectivity index (χ4v) is 4.04. The second-order valence-corrected chi connectivity index (χ2v) is 8.21. The van der Waals surface area contributed by atoms with Gasteiger partial charge < -0.3 is 13.9 Å². The number of carbonyl (C=O) groups is 1. The van der Waals surface area contributed by atoms with Crippen LogP contribution in [0.2, 0.25) is 0 Å². The normalized spacial score (nSPS) is 11.0. The minimum Gasteiger partial charge on any atom is -0.492 e. The lowest BCUT2D eigenvalue weighted by Gasteiger charge is -2.09. The van der Waals surface area contributed by atoms with Crippen molar-refractivity contribution in [1.82, 2.24) is 9.13 Å². The number of nitrogens with one attached hydrogen (secondary N) is 1. The molecule has 0 aliphatic heterocycles. The molecular weight excluding hydrogens is 454 g/mol. The summed E-state index contributed by atoms with van der Waals surface area (Å²) in [7, 11) is 0. The number of aromatic nitrogens is 2. The Labute approximate surface area is 189 Å².